The number of rotatable bonds is 6. The van der Waals surface area contributed by atoms with Gasteiger partial charge in [0, 0.05) is 6.42 Å². The van der Waals surface area contributed by atoms with E-state index >= 15 is 0 Å². The molecule has 0 radical (unpaired) electrons. The first-order chi connectivity index (χ1) is 9.16. The Bertz CT molecular complexity index is 586. The largest absolute Gasteiger partial charge is 0.274 e. The maximum atomic E-state index is 12.0. The molecule has 0 aromatic heterocycles. The first-order valence-corrected chi connectivity index (χ1v) is 7.88. The molecule has 110 valence electrons. The van der Waals surface area contributed by atoms with Gasteiger partial charge in [-0.3, -0.25) is 4.79 Å². The second kappa shape index (κ2) is 6.22. The number of hydrogen-bond acceptors (Lipinski definition) is 3. The van der Waals surface area contributed by atoms with Gasteiger partial charge in [0.15, 0.2) is 0 Å². The first kappa shape index (κ1) is 16.4. The third-order valence-corrected chi connectivity index (χ3v) is 4.30. The van der Waals surface area contributed by atoms with E-state index in [9.17, 15) is 13.2 Å². The standard InChI is InChI=1S/C15H21NO3S/c1-5-10-15(3,4)11-14(17)16-20(18,19)13-8-6-12(2)7-9-13/h5-9H,1,10-11H2,2-4H3,(H,16,17). The van der Waals surface area contributed by atoms with Gasteiger partial charge in [0.2, 0.25) is 5.91 Å². The second-order valence-corrected chi connectivity index (χ2v) is 7.36. The van der Waals surface area contributed by atoms with Gasteiger partial charge in [-0.2, -0.15) is 0 Å². The highest BCUT2D eigenvalue weighted by Gasteiger charge is 2.24. The summed E-state index contributed by atoms with van der Waals surface area (Å²) in [6, 6.07) is 6.36. The van der Waals surface area contributed by atoms with Crippen molar-refractivity contribution in [2.75, 3.05) is 0 Å². The molecular weight excluding hydrogens is 274 g/mol. The van der Waals surface area contributed by atoms with Crippen LogP contribution in [-0.2, 0) is 14.8 Å². The molecule has 5 heteroatoms. The van der Waals surface area contributed by atoms with E-state index in [1.807, 2.05) is 20.8 Å². The third-order valence-electron chi connectivity index (χ3n) is 2.92. The lowest BCUT2D eigenvalue weighted by Crippen LogP contribution is -2.33. The van der Waals surface area contributed by atoms with Gasteiger partial charge in [0.05, 0.1) is 4.90 Å². The number of carbonyl (C=O) groups excluding carboxylic acids is 1. The summed E-state index contributed by atoms with van der Waals surface area (Å²) in [5, 5.41) is 0. The van der Waals surface area contributed by atoms with Crippen LogP contribution in [0.2, 0.25) is 0 Å². The molecule has 0 spiro atoms. The summed E-state index contributed by atoms with van der Waals surface area (Å²) in [7, 11) is -3.79. The molecule has 1 aromatic carbocycles. The molecule has 0 aliphatic carbocycles. The van der Waals surface area contributed by atoms with Crippen molar-refractivity contribution in [2.45, 2.75) is 38.5 Å². The lowest BCUT2D eigenvalue weighted by Gasteiger charge is -2.21. The van der Waals surface area contributed by atoms with E-state index in [0.29, 0.717) is 6.42 Å². The zero-order valence-corrected chi connectivity index (χ0v) is 13.0. The minimum atomic E-state index is -3.79. The van der Waals surface area contributed by atoms with Gasteiger partial charge < -0.3 is 0 Å². The van der Waals surface area contributed by atoms with Crippen LogP contribution in [-0.4, -0.2) is 14.3 Å². The number of amides is 1. The van der Waals surface area contributed by atoms with E-state index in [4.69, 9.17) is 0 Å². The van der Waals surface area contributed by atoms with Gasteiger partial charge in [-0.05, 0) is 30.9 Å². The summed E-state index contributed by atoms with van der Waals surface area (Å²) in [4.78, 5) is 12.0. The Hall–Kier alpha value is -1.62. The van der Waals surface area contributed by atoms with Crippen molar-refractivity contribution in [1.82, 2.24) is 4.72 Å². The summed E-state index contributed by atoms with van der Waals surface area (Å²) in [6.07, 6.45) is 2.50. The van der Waals surface area contributed by atoms with Crippen LogP contribution in [0.5, 0.6) is 0 Å². The number of carbonyl (C=O) groups is 1. The first-order valence-electron chi connectivity index (χ1n) is 6.39. The summed E-state index contributed by atoms with van der Waals surface area (Å²) in [6.45, 7) is 9.29. The van der Waals surface area contributed by atoms with Gasteiger partial charge in [-0.1, -0.05) is 37.6 Å². The smallest absolute Gasteiger partial charge is 0.264 e. The molecule has 1 N–H and O–H groups in total. The van der Waals surface area contributed by atoms with Crippen LogP contribution in [0.15, 0.2) is 41.8 Å². The fourth-order valence-electron chi connectivity index (χ4n) is 1.86. The van der Waals surface area contributed by atoms with Crippen LogP contribution in [0, 0.1) is 12.3 Å². The number of nitrogens with one attached hydrogen (secondary N) is 1. The molecule has 1 amide bonds. The van der Waals surface area contributed by atoms with Gasteiger partial charge >= 0.3 is 0 Å². The van der Waals surface area contributed by atoms with Crippen molar-refractivity contribution < 1.29 is 13.2 Å². The second-order valence-electron chi connectivity index (χ2n) is 5.68. The predicted molar refractivity (Wildman–Crippen MR) is 79.7 cm³/mol. The third kappa shape index (κ3) is 4.81. The number of benzene rings is 1. The molecule has 0 saturated heterocycles. The van der Waals surface area contributed by atoms with Crippen molar-refractivity contribution in [2.24, 2.45) is 5.41 Å². The Morgan fingerprint density at radius 2 is 1.85 bits per heavy atom. The SMILES string of the molecule is C=CCC(C)(C)CC(=O)NS(=O)(=O)c1ccc(C)cc1. The Kier molecular flexibility index (Phi) is 5.11. The molecule has 20 heavy (non-hydrogen) atoms. The van der Waals surface area contributed by atoms with E-state index < -0.39 is 15.9 Å². The molecule has 4 nitrogen and oxygen atoms in total. The Morgan fingerprint density at radius 3 is 2.35 bits per heavy atom. The number of sulfonamides is 1. The summed E-state index contributed by atoms with van der Waals surface area (Å²) in [5.74, 6) is -0.502. The summed E-state index contributed by atoms with van der Waals surface area (Å²) < 4.78 is 26.2. The van der Waals surface area contributed by atoms with Gasteiger partial charge in [-0.25, -0.2) is 13.1 Å². The fraction of sp³-hybridized carbons (Fsp3) is 0.400. The monoisotopic (exact) mass is 295 g/mol. The number of aryl methyl sites for hydroxylation is 1. The number of hydrogen-bond donors (Lipinski definition) is 1. The van der Waals surface area contributed by atoms with Gasteiger partial charge in [0.25, 0.3) is 10.0 Å². The average molecular weight is 295 g/mol. The molecule has 1 aromatic rings. The minimum absolute atomic E-state index is 0.0953. The van der Waals surface area contributed by atoms with Crippen molar-refractivity contribution in [1.29, 1.82) is 0 Å². The zero-order valence-electron chi connectivity index (χ0n) is 12.1. The Morgan fingerprint density at radius 1 is 1.30 bits per heavy atom. The van der Waals surface area contributed by atoms with E-state index in [1.54, 1.807) is 18.2 Å². The average Bonchev–Trinajstić information content (AvgIpc) is 2.27. The van der Waals surface area contributed by atoms with Crippen molar-refractivity contribution in [3.63, 3.8) is 0 Å². The Balaban J connectivity index is 2.79. The fourth-order valence-corrected chi connectivity index (χ4v) is 2.84. The number of allylic oxidation sites excluding steroid dienone is 1. The summed E-state index contributed by atoms with van der Waals surface area (Å²) >= 11 is 0. The zero-order chi connectivity index (χ0) is 15.4. The predicted octanol–water partition coefficient (Wildman–Crippen LogP) is 2.79. The van der Waals surface area contributed by atoms with Crippen LogP contribution in [0.4, 0.5) is 0 Å². The highest BCUT2D eigenvalue weighted by Crippen LogP contribution is 2.25. The van der Waals surface area contributed by atoms with E-state index in [1.165, 1.54) is 12.1 Å². The lowest BCUT2D eigenvalue weighted by molar-refractivity contribution is -0.121. The van der Waals surface area contributed by atoms with Crippen molar-refractivity contribution >= 4 is 15.9 Å². The highest BCUT2D eigenvalue weighted by molar-refractivity contribution is 7.90. The van der Waals surface area contributed by atoms with Gasteiger partial charge in [0.1, 0.15) is 0 Å². The summed E-state index contributed by atoms with van der Waals surface area (Å²) in [5.41, 5.74) is 0.650. The molecule has 0 atom stereocenters. The van der Waals surface area contributed by atoms with Gasteiger partial charge in [-0.15, -0.1) is 6.58 Å². The topological polar surface area (TPSA) is 63.2 Å². The van der Waals surface area contributed by atoms with Crippen molar-refractivity contribution in [3.8, 4) is 0 Å². The molecule has 0 fully saturated rings. The lowest BCUT2D eigenvalue weighted by atomic mass is 9.85. The van der Waals surface area contributed by atoms with Crippen molar-refractivity contribution in [3.05, 3.63) is 42.5 Å². The van der Waals surface area contributed by atoms with Crippen LogP contribution in [0.3, 0.4) is 0 Å². The molecule has 0 saturated carbocycles. The minimum Gasteiger partial charge on any atom is -0.274 e. The molecule has 0 heterocycles. The van der Waals surface area contributed by atoms with Crippen LogP contribution >= 0.6 is 0 Å². The van der Waals surface area contributed by atoms with Crippen LogP contribution in [0.1, 0.15) is 32.3 Å². The molecule has 0 unspecified atom stereocenters. The highest BCUT2D eigenvalue weighted by atomic mass is 32.2. The maximum Gasteiger partial charge on any atom is 0.264 e. The normalized spacial score (nSPS) is 11.9. The van der Waals surface area contributed by atoms with E-state index in [0.717, 1.165) is 5.56 Å². The molecule has 1 rings (SSSR count). The van der Waals surface area contributed by atoms with E-state index in [-0.39, 0.29) is 16.7 Å². The quantitative estimate of drug-likeness (QED) is 0.821. The Labute approximate surface area is 120 Å². The maximum absolute atomic E-state index is 12.0. The van der Waals surface area contributed by atoms with Crippen LogP contribution in [0.25, 0.3) is 0 Å². The van der Waals surface area contributed by atoms with E-state index in [2.05, 4.69) is 11.3 Å². The molecule has 0 aliphatic heterocycles. The molecule has 0 aliphatic rings. The molecule has 0 bridgehead atoms. The van der Waals surface area contributed by atoms with Crippen LogP contribution < -0.4 is 4.72 Å². The molecular formula is C15H21NO3S.